The number of benzene rings is 2. The molecule has 2 aromatic carbocycles. The first-order valence-electron chi connectivity index (χ1n) is 8.67. The predicted octanol–water partition coefficient (Wildman–Crippen LogP) is 4.60. The Balaban J connectivity index is 1.70. The van der Waals surface area contributed by atoms with Gasteiger partial charge in [0.25, 0.3) is 5.91 Å². The van der Waals surface area contributed by atoms with Crippen LogP contribution < -0.4 is 4.74 Å². The molecule has 5 nitrogen and oxygen atoms in total. The molecule has 1 amide bonds. The minimum atomic E-state index is -0.818. The fourth-order valence-corrected chi connectivity index (χ4v) is 3.47. The second-order valence-electron chi connectivity index (χ2n) is 6.37. The van der Waals surface area contributed by atoms with Gasteiger partial charge in [0.1, 0.15) is 18.2 Å². The Labute approximate surface area is 171 Å². The fourth-order valence-electron chi connectivity index (χ4n) is 3.13. The molecule has 0 aliphatic carbocycles. The van der Waals surface area contributed by atoms with E-state index in [9.17, 15) is 14.0 Å². The summed E-state index contributed by atoms with van der Waals surface area (Å²) in [6.07, 6.45) is 1.61. The quantitative estimate of drug-likeness (QED) is 0.656. The Kier molecular flexibility index (Phi) is 6.42. The van der Waals surface area contributed by atoms with E-state index >= 15 is 0 Å². The minimum absolute atomic E-state index is 0.0929. The van der Waals surface area contributed by atoms with Crippen molar-refractivity contribution in [3.63, 3.8) is 0 Å². The number of nitrogens with zero attached hydrogens (tertiary/aromatic N) is 1. The van der Waals surface area contributed by atoms with Crippen LogP contribution in [0.15, 0.2) is 36.4 Å². The van der Waals surface area contributed by atoms with Crippen molar-refractivity contribution in [2.75, 3.05) is 20.3 Å². The van der Waals surface area contributed by atoms with E-state index in [1.807, 2.05) is 0 Å². The number of carbonyl (C=O) groups excluding carboxylic acids is 2. The number of carbonyl (C=O) groups is 2. The molecule has 1 fully saturated rings. The molecule has 148 valence electrons. The molecule has 2 aromatic rings. The van der Waals surface area contributed by atoms with Crippen molar-refractivity contribution in [1.29, 1.82) is 0 Å². The van der Waals surface area contributed by atoms with E-state index in [1.54, 1.807) is 29.2 Å². The molecule has 0 radical (unpaired) electrons. The molecule has 0 bridgehead atoms. The number of halogens is 3. The zero-order valence-electron chi connectivity index (χ0n) is 15.1. The second-order valence-corrected chi connectivity index (χ2v) is 7.21. The van der Waals surface area contributed by atoms with Crippen LogP contribution in [0.5, 0.6) is 5.75 Å². The topological polar surface area (TPSA) is 55.8 Å². The van der Waals surface area contributed by atoms with Gasteiger partial charge in [0.15, 0.2) is 0 Å². The normalized spacial score (nSPS) is 16.1. The number of rotatable bonds is 5. The smallest absolute Gasteiger partial charge is 0.340 e. The van der Waals surface area contributed by atoms with Gasteiger partial charge in [-0.25, -0.2) is 9.18 Å². The van der Waals surface area contributed by atoms with Crippen molar-refractivity contribution in [2.45, 2.75) is 18.9 Å². The van der Waals surface area contributed by atoms with Gasteiger partial charge in [-0.3, -0.25) is 4.79 Å². The highest BCUT2D eigenvalue weighted by atomic mass is 35.5. The van der Waals surface area contributed by atoms with E-state index in [2.05, 4.69) is 4.74 Å². The second kappa shape index (κ2) is 8.80. The maximum Gasteiger partial charge on any atom is 0.340 e. The molecule has 0 unspecified atom stereocenters. The molecule has 8 heteroatoms. The van der Waals surface area contributed by atoms with Gasteiger partial charge >= 0.3 is 5.97 Å². The number of ether oxygens (including phenoxy) is 2. The summed E-state index contributed by atoms with van der Waals surface area (Å²) in [6, 6.07) is 8.75. The molecule has 0 N–H and O–H groups in total. The first-order valence-corrected chi connectivity index (χ1v) is 9.43. The van der Waals surface area contributed by atoms with Crippen LogP contribution in [-0.2, 0) is 4.74 Å². The third-order valence-electron chi connectivity index (χ3n) is 4.59. The summed E-state index contributed by atoms with van der Waals surface area (Å²) < 4.78 is 24.3. The molecule has 28 heavy (non-hydrogen) atoms. The third-order valence-corrected chi connectivity index (χ3v) is 5.13. The number of hydrogen-bond acceptors (Lipinski definition) is 4. The van der Waals surface area contributed by atoms with Crippen molar-refractivity contribution in [2.24, 2.45) is 0 Å². The van der Waals surface area contributed by atoms with E-state index in [-0.39, 0.29) is 34.9 Å². The van der Waals surface area contributed by atoms with Gasteiger partial charge in [0.2, 0.25) is 0 Å². The minimum Gasteiger partial charge on any atom is -0.490 e. The number of likely N-dealkylation sites (tertiary alicyclic amines) is 1. The molecule has 0 aromatic heterocycles. The Bertz CT molecular complexity index is 889. The Hall–Kier alpha value is -2.31. The first kappa shape index (κ1) is 20.4. The highest BCUT2D eigenvalue weighted by molar-refractivity contribution is 6.32. The largest absolute Gasteiger partial charge is 0.490 e. The van der Waals surface area contributed by atoms with Crippen molar-refractivity contribution in [3.8, 4) is 5.75 Å². The summed E-state index contributed by atoms with van der Waals surface area (Å²) >= 11 is 12.0. The lowest BCUT2D eigenvalue weighted by atomic mass is 10.1. The lowest BCUT2D eigenvalue weighted by molar-refractivity contribution is 0.0594. The van der Waals surface area contributed by atoms with Crippen LogP contribution in [0.4, 0.5) is 4.39 Å². The molecule has 1 heterocycles. The van der Waals surface area contributed by atoms with Crippen molar-refractivity contribution < 1.29 is 23.5 Å². The SMILES string of the molecule is COC(=O)c1cc(Cl)c(OC[C@H]2CCCN2C(=O)c2ccc(Cl)cc2)cc1F. The summed E-state index contributed by atoms with van der Waals surface area (Å²) in [6.45, 7) is 0.773. The summed E-state index contributed by atoms with van der Waals surface area (Å²) in [4.78, 5) is 26.0. The van der Waals surface area contributed by atoms with E-state index in [0.29, 0.717) is 17.1 Å². The van der Waals surface area contributed by atoms with E-state index in [4.69, 9.17) is 27.9 Å². The molecule has 0 saturated carbocycles. The third kappa shape index (κ3) is 4.39. The summed E-state index contributed by atoms with van der Waals surface area (Å²) in [5.41, 5.74) is 0.281. The maximum absolute atomic E-state index is 14.1. The molecule has 1 atom stereocenters. The van der Waals surface area contributed by atoms with Gasteiger partial charge in [-0.15, -0.1) is 0 Å². The molecule has 1 saturated heterocycles. The molecular formula is C20H18Cl2FNO4. The van der Waals surface area contributed by atoms with Crippen molar-refractivity contribution >= 4 is 35.1 Å². The number of hydrogen-bond donors (Lipinski definition) is 0. The van der Waals surface area contributed by atoms with Gasteiger partial charge < -0.3 is 14.4 Å². The zero-order valence-corrected chi connectivity index (χ0v) is 16.6. The average Bonchev–Trinajstić information content (AvgIpc) is 3.16. The standard InChI is InChI=1S/C20H18Cl2FNO4/c1-27-20(26)15-9-16(22)18(10-17(15)23)28-11-14-3-2-8-24(14)19(25)12-4-6-13(21)7-5-12/h4-7,9-10,14H,2-3,8,11H2,1H3/t14-/m1/s1. The van der Waals surface area contributed by atoms with E-state index in [1.165, 1.54) is 6.07 Å². The first-order chi connectivity index (χ1) is 13.4. The molecular weight excluding hydrogens is 408 g/mol. The molecule has 1 aliphatic rings. The van der Waals surface area contributed by atoms with Crippen LogP contribution in [0.2, 0.25) is 10.0 Å². The molecule has 3 rings (SSSR count). The Morgan fingerprint density at radius 2 is 1.93 bits per heavy atom. The lowest BCUT2D eigenvalue weighted by Crippen LogP contribution is -2.39. The highest BCUT2D eigenvalue weighted by Gasteiger charge is 2.30. The number of amides is 1. The van der Waals surface area contributed by atoms with E-state index < -0.39 is 11.8 Å². The Morgan fingerprint density at radius 1 is 1.21 bits per heavy atom. The summed E-state index contributed by atoms with van der Waals surface area (Å²) in [5, 5.41) is 0.653. The van der Waals surface area contributed by atoms with Crippen molar-refractivity contribution in [3.05, 3.63) is 63.4 Å². The van der Waals surface area contributed by atoms with Crippen LogP contribution in [0.25, 0.3) is 0 Å². The summed E-state index contributed by atoms with van der Waals surface area (Å²) in [5.74, 6) is -1.60. The molecule has 0 spiro atoms. The van der Waals surface area contributed by atoms with Gasteiger partial charge in [0, 0.05) is 23.2 Å². The monoisotopic (exact) mass is 425 g/mol. The van der Waals surface area contributed by atoms with Crippen LogP contribution in [0.3, 0.4) is 0 Å². The van der Waals surface area contributed by atoms with Gasteiger partial charge in [-0.2, -0.15) is 0 Å². The van der Waals surface area contributed by atoms with Crippen LogP contribution in [-0.4, -0.2) is 43.1 Å². The maximum atomic E-state index is 14.1. The van der Waals surface area contributed by atoms with Gasteiger partial charge in [0.05, 0.1) is 23.7 Å². The number of esters is 1. The van der Waals surface area contributed by atoms with Gasteiger partial charge in [-0.1, -0.05) is 23.2 Å². The molecule has 1 aliphatic heterocycles. The van der Waals surface area contributed by atoms with Gasteiger partial charge in [-0.05, 0) is 43.2 Å². The van der Waals surface area contributed by atoms with Crippen molar-refractivity contribution in [1.82, 2.24) is 4.90 Å². The van der Waals surface area contributed by atoms with Crippen LogP contribution in [0.1, 0.15) is 33.6 Å². The Morgan fingerprint density at radius 3 is 2.61 bits per heavy atom. The number of methoxy groups -OCH3 is 1. The van der Waals surface area contributed by atoms with Crippen LogP contribution >= 0.6 is 23.2 Å². The van der Waals surface area contributed by atoms with E-state index in [0.717, 1.165) is 26.0 Å². The summed E-state index contributed by atoms with van der Waals surface area (Å²) in [7, 11) is 1.16. The van der Waals surface area contributed by atoms with Crippen LogP contribution in [0, 0.1) is 5.82 Å². The average molecular weight is 426 g/mol. The lowest BCUT2D eigenvalue weighted by Gasteiger charge is -2.25. The zero-order chi connectivity index (χ0) is 20.3. The highest BCUT2D eigenvalue weighted by Crippen LogP contribution is 2.29. The predicted molar refractivity (Wildman–Crippen MR) is 104 cm³/mol. The fraction of sp³-hybridized carbons (Fsp3) is 0.300.